The lowest BCUT2D eigenvalue weighted by Gasteiger charge is -2.28. The molecular formula is C52H37N. The lowest BCUT2D eigenvalue weighted by Crippen LogP contribution is -2.11. The number of nitrogens with zero attached hydrogens (tertiary/aromatic N) is 1. The Morgan fingerprint density at radius 2 is 0.717 bits per heavy atom. The van der Waals surface area contributed by atoms with Gasteiger partial charge in [-0.05, 0) is 97.2 Å². The Morgan fingerprint density at radius 1 is 0.245 bits per heavy atom. The molecule has 0 aliphatic rings. The number of para-hydroxylation sites is 1. The van der Waals surface area contributed by atoms with E-state index in [4.69, 9.17) is 0 Å². The summed E-state index contributed by atoms with van der Waals surface area (Å²) >= 11 is 0. The number of fused-ring (bicyclic) bond motifs is 1. The van der Waals surface area contributed by atoms with Crippen molar-refractivity contribution in [1.82, 2.24) is 0 Å². The van der Waals surface area contributed by atoms with Gasteiger partial charge in [0.05, 0.1) is 5.69 Å². The van der Waals surface area contributed by atoms with Gasteiger partial charge in [0.25, 0.3) is 0 Å². The van der Waals surface area contributed by atoms with E-state index in [1.165, 1.54) is 66.4 Å². The Morgan fingerprint density at radius 3 is 1.47 bits per heavy atom. The van der Waals surface area contributed by atoms with Crippen LogP contribution in [0.4, 0.5) is 17.1 Å². The van der Waals surface area contributed by atoms with Crippen LogP contribution in [0.2, 0.25) is 0 Å². The average Bonchev–Trinajstić information content (AvgIpc) is 3.25. The van der Waals surface area contributed by atoms with Crippen molar-refractivity contribution in [1.29, 1.82) is 0 Å². The van der Waals surface area contributed by atoms with Crippen LogP contribution in [0.25, 0.3) is 66.4 Å². The minimum Gasteiger partial charge on any atom is -0.310 e. The molecule has 0 saturated carbocycles. The van der Waals surface area contributed by atoms with Gasteiger partial charge >= 0.3 is 0 Å². The molecular weight excluding hydrogens is 639 g/mol. The first-order chi connectivity index (χ1) is 26.3. The van der Waals surface area contributed by atoms with Crippen molar-refractivity contribution >= 4 is 27.8 Å². The molecule has 9 aromatic carbocycles. The molecule has 9 aromatic rings. The maximum atomic E-state index is 2.39. The van der Waals surface area contributed by atoms with Gasteiger partial charge in [0.1, 0.15) is 0 Å². The average molecular weight is 676 g/mol. The third-order valence-corrected chi connectivity index (χ3v) is 10.1. The first-order valence-electron chi connectivity index (χ1n) is 18.2. The first kappa shape index (κ1) is 32.0. The normalized spacial score (nSPS) is 11.0. The molecule has 0 aromatic heterocycles. The minimum absolute atomic E-state index is 1.10. The van der Waals surface area contributed by atoms with Crippen LogP contribution in [0.3, 0.4) is 0 Å². The third kappa shape index (κ3) is 6.53. The summed E-state index contributed by atoms with van der Waals surface area (Å²) in [5, 5.41) is 2.52. The SMILES string of the molecule is c1ccc(-c2ccc(-c3cccc(N(c4ccc(-c5cccc(-c6cccc7ccccc67)c5)cc4)c4ccccc4-c4ccccc4)c3)cc2)cc1. The molecule has 250 valence electrons. The summed E-state index contributed by atoms with van der Waals surface area (Å²) in [6.45, 7) is 0. The van der Waals surface area contributed by atoms with Crippen LogP contribution in [-0.2, 0) is 0 Å². The van der Waals surface area contributed by atoms with Gasteiger partial charge in [-0.2, -0.15) is 0 Å². The van der Waals surface area contributed by atoms with Crippen LogP contribution < -0.4 is 4.90 Å². The van der Waals surface area contributed by atoms with E-state index in [2.05, 4.69) is 229 Å². The highest BCUT2D eigenvalue weighted by atomic mass is 15.1. The second kappa shape index (κ2) is 14.3. The predicted octanol–water partition coefficient (Wildman–Crippen LogP) is 14.6. The van der Waals surface area contributed by atoms with Crippen LogP contribution in [0.1, 0.15) is 0 Å². The molecule has 0 spiro atoms. The molecule has 0 aliphatic heterocycles. The van der Waals surface area contributed by atoms with E-state index in [9.17, 15) is 0 Å². The molecule has 53 heavy (non-hydrogen) atoms. The number of anilines is 3. The van der Waals surface area contributed by atoms with E-state index in [0.717, 1.165) is 17.1 Å². The number of hydrogen-bond donors (Lipinski definition) is 0. The Hall–Kier alpha value is -6.96. The van der Waals surface area contributed by atoms with Gasteiger partial charge in [-0.25, -0.2) is 0 Å². The second-order valence-corrected chi connectivity index (χ2v) is 13.4. The van der Waals surface area contributed by atoms with E-state index in [-0.39, 0.29) is 0 Å². The van der Waals surface area contributed by atoms with Crippen LogP contribution in [0.5, 0.6) is 0 Å². The first-order valence-corrected chi connectivity index (χ1v) is 18.2. The Balaban J connectivity index is 1.11. The Kier molecular flexibility index (Phi) is 8.66. The molecule has 0 amide bonds. The van der Waals surface area contributed by atoms with Crippen molar-refractivity contribution in [3.05, 3.63) is 224 Å². The summed E-state index contributed by atoms with van der Waals surface area (Å²) in [4.78, 5) is 2.39. The standard InChI is InChI=1S/C52H37N/c1-3-14-38(15-4-1)39-28-30-40(31-29-39)45-21-12-23-48(37-45)53(52-27-10-9-25-51(52)43-16-5-2-6-17-43)47-34-32-41(33-35-47)44-20-11-22-46(36-44)50-26-13-19-42-18-7-8-24-49(42)50/h1-37H. The van der Waals surface area contributed by atoms with Crippen LogP contribution in [0.15, 0.2) is 224 Å². The minimum atomic E-state index is 1.10. The Bertz CT molecular complexity index is 2640. The molecule has 1 nitrogen and oxygen atoms in total. The van der Waals surface area contributed by atoms with E-state index >= 15 is 0 Å². The summed E-state index contributed by atoms with van der Waals surface area (Å²) in [6.07, 6.45) is 0. The molecule has 0 atom stereocenters. The van der Waals surface area contributed by atoms with Crippen molar-refractivity contribution < 1.29 is 0 Å². The molecule has 9 rings (SSSR count). The fourth-order valence-electron chi connectivity index (χ4n) is 7.41. The summed E-state index contributed by atoms with van der Waals surface area (Å²) < 4.78 is 0. The predicted molar refractivity (Wildman–Crippen MR) is 226 cm³/mol. The van der Waals surface area contributed by atoms with Crippen molar-refractivity contribution in [3.63, 3.8) is 0 Å². The second-order valence-electron chi connectivity index (χ2n) is 13.4. The van der Waals surface area contributed by atoms with Gasteiger partial charge in [0, 0.05) is 16.9 Å². The van der Waals surface area contributed by atoms with Gasteiger partial charge < -0.3 is 4.90 Å². The molecule has 0 fully saturated rings. The van der Waals surface area contributed by atoms with Gasteiger partial charge in [-0.3, -0.25) is 0 Å². The lowest BCUT2D eigenvalue weighted by atomic mass is 9.95. The quantitative estimate of drug-likeness (QED) is 0.155. The summed E-state index contributed by atoms with van der Waals surface area (Å²) in [5.74, 6) is 0. The van der Waals surface area contributed by atoms with Crippen molar-refractivity contribution in [2.45, 2.75) is 0 Å². The van der Waals surface area contributed by atoms with E-state index in [1.807, 2.05) is 0 Å². The molecule has 0 radical (unpaired) electrons. The van der Waals surface area contributed by atoms with Gasteiger partial charge in [-0.15, -0.1) is 0 Å². The molecule has 1 heteroatoms. The van der Waals surface area contributed by atoms with Crippen molar-refractivity contribution in [2.24, 2.45) is 0 Å². The van der Waals surface area contributed by atoms with Crippen LogP contribution >= 0.6 is 0 Å². The fraction of sp³-hybridized carbons (Fsp3) is 0. The van der Waals surface area contributed by atoms with Gasteiger partial charge in [0.2, 0.25) is 0 Å². The Labute approximate surface area is 311 Å². The number of rotatable bonds is 8. The number of benzene rings is 9. The summed E-state index contributed by atoms with van der Waals surface area (Å²) in [7, 11) is 0. The van der Waals surface area contributed by atoms with E-state index < -0.39 is 0 Å². The molecule has 0 N–H and O–H groups in total. The van der Waals surface area contributed by atoms with Crippen LogP contribution in [-0.4, -0.2) is 0 Å². The fourth-order valence-corrected chi connectivity index (χ4v) is 7.41. The van der Waals surface area contributed by atoms with Crippen LogP contribution in [0, 0.1) is 0 Å². The maximum absolute atomic E-state index is 2.39. The highest BCUT2D eigenvalue weighted by Crippen LogP contribution is 2.42. The highest BCUT2D eigenvalue weighted by molar-refractivity contribution is 5.97. The molecule has 0 bridgehead atoms. The molecule has 0 saturated heterocycles. The van der Waals surface area contributed by atoms with Gasteiger partial charge in [0.15, 0.2) is 0 Å². The molecule has 0 heterocycles. The monoisotopic (exact) mass is 675 g/mol. The third-order valence-electron chi connectivity index (χ3n) is 10.1. The van der Waals surface area contributed by atoms with Crippen molar-refractivity contribution in [3.8, 4) is 55.6 Å². The highest BCUT2D eigenvalue weighted by Gasteiger charge is 2.18. The van der Waals surface area contributed by atoms with Crippen molar-refractivity contribution in [2.75, 3.05) is 4.90 Å². The van der Waals surface area contributed by atoms with E-state index in [1.54, 1.807) is 0 Å². The molecule has 0 aliphatic carbocycles. The number of hydrogen-bond acceptors (Lipinski definition) is 1. The maximum Gasteiger partial charge on any atom is 0.0540 e. The zero-order chi connectivity index (χ0) is 35.4. The largest absolute Gasteiger partial charge is 0.310 e. The lowest BCUT2D eigenvalue weighted by molar-refractivity contribution is 1.28. The smallest absolute Gasteiger partial charge is 0.0540 e. The summed E-state index contributed by atoms with van der Waals surface area (Å²) in [5.41, 5.74) is 15.3. The zero-order valence-electron chi connectivity index (χ0n) is 29.3. The zero-order valence-corrected chi connectivity index (χ0v) is 29.3. The van der Waals surface area contributed by atoms with E-state index in [0.29, 0.717) is 0 Å². The van der Waals surface area contributed by atoms with Gasteiger partial charge in [-0.1, -0.05) is 188 Å². The molecule has 0 unspecified atom stereocenters. The topological polar surface area (TPSA) is 3.24 Å². The summed E-state index contributed by atoms with van der Waals surface area (Å²) in [6, 6.07) is 80.8.